The van der Waals surface area contributed by atoms with Gasteiger partial charge in [-0.1, -0.05) is 24.3 Å². The van der Waals surface area contributed by atoms with Crippen molar-refractivity contribution in [2.75, 3.05) is 7.11 Å². The van der Waals surface area contributed by atoms with Crippen molar-refractivity contribution in [3.05, 3.63) is 74.9 Å². The van der Waals surface area contributed by atoms with Gasteiger partial charge < -0.3 is 4.74 Å². The third-order valence-electron chi connectivity index (χ3n) is 6.75. The van der Waals surface area contributed by atoms with Gasteiger partial charge in [0.05, 0.1) is 0 Å². The van der Waals surface area contributed by atoms with Gasteiger partial charge in [-0.3, -0.25) is 4.79 Å². The highest BCUT2D eigenvalue weighted by Gasteiger charge is 2.58. The van der Waals surface area contributed by atoms with Gasteiger partial charge >= 0.3 is 0 Å². The van der Waals surface area contributed by atoms with E-state index in [1.807, 2.05) is 13.2 Å². The van der Waals surface area contributed by atoms with Crippen molar-refractivity contribution >= 4 is 11.4 Å². The van der Waals surface area contributed by atoms with E-state index in [0.717, 1.165) is 30.4 Å². The number of rotatable bonds is 1. The van der Waals surface area contributed by atoms with E-state index in [0.29, 0.717) is 0 Å². The molecule has 0 saturated carbocycles. The molecule has 24 heavy (non-hydrogen) atoms. The van der Waals surface area contributed by atoms with E-state index in [1.165, 1.54) is 50.1 Å². The molecule has 0 bridgehead atoms. The molecule has 114 valence electrons. The molecule has 0 unspecified atom stereocenters. The summed E-state index contributed by atoms with van der Waals surface area (Å²) in [6.45, 7) is 0. The monoisotopic (exact) mass is 310 g/mol. The maximum atomic E-state index is 12.8. The fraction of sp³-hybridized carbons (Fsp3) is 0.227. The first-order chi connectivity index (χ1) is 11.7. The van der Waals surface area contributed by atoms with Crippen molar-refractivity contribution in [2.45, 2.75) is 24.9 Å². The Hall–Kier alpha value is -2.45. The molecule has 2 aromatic carbocycles. The lowest BCUT2D eigenvalue weighted by molar-refractivity contribution is -0.111. The first kappa shape index (κ1) is 12.0. The Kier molecular flexibility index (Phi) is 1.66. The fourth-order valence-corrected chi connectivity index (χ4v) is 5.97. The van der Waals surface area contributed by atoms with Gasteiger partial charge in [0.25, 0.3) is 0 Å². The van der Waals surface area contributed by atoms with Crippen LogP contribution in [-0.4, -0.2) is 12.9 Å². The lowest BCUT2D eigenvalue weighted by Gasteiger charge is -2.40. The maximum absolute atomic E-state index is 12.8. The van der Waals surface area contributed by atoms with Gasteiger partial charge in [0, 0.05) is 30.2 Å². The molecule has 2 nitrogen and oxygen atoms in total. The van der Waals surface area contributed by atoms with E-state index < -0.39 is 5.60 Å². The second kappa shape index (κ2) is 3.33. The minimum Gasteiger partial charge on any atom is -0.364 e. The van der Waals surface area contributed by atoms with Crippen LogP contribution in [0, 0.1) is 0 Å². The standard InChI is InChI=1S/C22H14O2/c1-24-22-14-7-13-5-4-11-6-10-2-3-12-8-15(16(23)9-14)21(22)19(12)17(10)18(11)20(13)22/h2-5,9H,6-8H2,1H3/t22-/m1/s1. The summed E-state index contributed by atoms with van der Waals surface area (Å²) in [6, 6.07) is 9.04. The molecule has 7 rings (SSSR count). The minimum absolute atomic E-state index is 0.187. The highest BCUT2D eigenvalue weighted by Crippen LogP contribution is 2.66. The zero-order valence-electron chi connectivity index (χ0n) is 13.3. The van der Waals surface area contributed by atoms with Crippen molar-refractivity contribution in [2.24, 2.45) is 0 Å². The molecule has 0 N–H and O–H groups in total. The first-order valence-corrected chi connectivity index (χ1v) is 8.59. The van der Waals surface area contributed by atoms with E-state index in [1.54, 1.807) is 0 Å². The second-order valence-electron chi connectivity index (χ2n) is 7.57. The number of benzene rings is 2. The van der Waals surface area contributed by atoms with E-state index in [4.69, 9.17) is 4.74 Å². The van der Waals surface area contributed by atoms with Crippen molar-refractivity contribution in [3.8, 4) is 11.1 Å². The summed E-state index contributed by atoms with van der Waals surface area (Å²) in [5.74, 6) is 0.187. The number of hydrogen-bond donors (Lipinski definition) is 0. The topological polar surface area (TPSA) is 26.3 Å². The molecule has 0 fully saturated rings. The Morgan fingerprint density at radius 3 is 2.38 bits per heavy atom. The van der Waals surface area contributed by atoms with Crippen molar-refractivity contribution < 1.29 is 9.53 Å². The highest BCUT2D eigenvalue weighted by atomic mass is 16.5. The van der Waals surface area contributed by atoms with Crippen LogP contribution in [0.3, 0.4) is 0 Å². The summed E-state index contributed by atoms with van der Waals surface area (Å²) in [6.07, 6.45) is 4.45. The van der Waals surface area contributed by atoms with E-state index >= 15 is 0 Å². The Morgan fingerprint density at radius 2 is 1.58 bits per heavy atom. The van der Waals surface area contributed by atoms with Crippen LogP contribution in [0.15, 0.2) is 41.5 Å². The summed E-state index contributed by atoms with van der Waals surface area (Å²) in [5, 5.41) is 0. The van der Waals surface area contributed by atoms with Crippen LogP contribution in [0.5, 0.6) is 0 Å². The third-order valence-corrected chi connectivity index (χ3v) is 6.75. The van der Waals surface area contributed by atoms with Crippen molar-refractivity contribution in [1.29, 1.82) is 0 Å². The second-order valence-corrected chi connectivity index (χ2v) is 7.57. The van der Waals surface area contributed by atoms with E-state index in [-0.39, 0.29) is 5.78 Å². The summed E-state index contributed by atoms with van der Waals surface area (Å²) < 4.78 is 6.28. The number of carbonyl (C=O) groups is 1. The number of hydrogen-bond acceptors (Lipinski definition) is 2. The van der Waals surface area contributed by atoms with Crippen molar-refractivity contribution in [3.63, 3.8) is 0 Å². The first-order valence-electron chi connectivity index (χ1n) is 8.59. The lowest BCUT2D eigenvalue weighted by atomic mass is 9.69. The summed E-state index contributed by atoms with van der Waals surface area (Å²) in [4.78, 5) is 12.8. The molecular formula is C22H14O2. The molecule has 2 heteroatoms. The molecule has 0 aromatic heterocycles. The number of carbonyl (C=O) groups excluding carboxylic acids is 1. The number of methoxy groups -OCH3 is 1. The minimum atomic E-state index is -0.509. The molecule has 0 heterocycles. The number of ketones is 1. The smallest absolute Gasteiger partial charge is 0.182 e. The average Bonchev–Trinajstić information content (AvgIpc) is 3.23. The van der Waals surface area contributed by atoms with Crippen LogP contribution < -0.4 is 0 Å². The van der Waals surface area contributed by atoms with Crippen LogP contribution in [0.25, 0.3) is 16.7 Å². The van der Waals surface area contributed by atoms with Crippen molar-refractivity contribution in [1.82, 2.24) is 0 Å². The predicted molar refractivity (Wildman–Crippen MR) is 90.8 cm³/mol. The Bertz CT molecular complexity index is 1130. The Labute approximate surface area is 139 Å². The zero-order chi connectivity index (χ0) is 15.8. The molecule has 1 atom stereocenters. The van der Waals surface area contributed by atoms with Crippen LogP contribution in [0.4, 0.5) is 0 Å². The fourth-order valence-electron chi connectivity index (χ4n) is 5.97. The van der Waals surface area contributed by atoms with Gasteiger partial charge in [0.1, 0.15) is 5.60 Å². The SMILES string of the molecule is CO[C@@]12C3=CC(=O)C4=C1c1c(ccc5c1-c1c(ccc(c12)C3)C5)C4. The summed E-state index contributed by atoms with van der Waals surface area (Å²) in [5.41, 5.74) is 13.7. The van der Waals surface area contributed by atoms with E-state index in [9.17, 15) is 4.79 Å². The molecule has 2 aromatic rings. The van der Waals surface area contributed by atoms with Crippen LogP contribution in [-0.2, 0) is 34.4 Å². The predicted octanol–water partition coefficient (Wildman–Crippen LogP) is 3.49. The maximum Gasteiger partial charge on any atom is 0.182 e. The summed E-state index contributed by atoms with van der Waals surface area (Å²) in [7, 11) is 1.81. The molecule has 5 aliphatic rings. The van der Waals surface area contributed by atoms with Gasteiger partial charge in [-0.15, -0.1) is 0 Å². The number of ether oxygens (including phenoxy) is 1. The van der Waals surface area contributed by atoms with Gasteiger partial charge in [-0.25, -0.2) is 0 Å². The molecule has 0 amide bonds. The molecule has 0 radical (unpaired) electrons. The average molecular weight is 310 g/mol. The van der Waals surface area contributed by atoms with Crippen LogP contribution in [0.1, 0.15) is 33.4 Å². The van der Waals surface area contributed by atoms with Gasteiger partial charge in [-0.2, -0.15) is 0 Å². The quantitative estimate of drug-likeness (QED) is 0.688. The van der Waals surface area contributed by atoms with Crippen LogP contribution in [0.2, 0.25) is 0 Å². The lowest BCUT2D eigenvalue weighted by Crippen LogP contribution is -2.36. The Balaban J connectivity index is 1.81. The molecule has 0 aliphatic heterocycles. The highest BCUT2D eigenvalue weighted by molar-refractivity contribution is 6.19. The van der Waals surface area contributed by atoms with Gasteiger partial charge in [0.2, 0.25) is 0 Å². The normalized spacial score (nSPS) is 25.7. The van der Waals surface area contributed by atoms with E-state index in [2.05, 4.69) is 24.3 Å². The molecule has 0 spiro atoms. The molecule has 5 aliphatic carbocycles. The van der Waals surface area contributed by atoms with Crippen LogP contribution >= 0.6 is 0 Å². The largest absolute Gasteiger partial charge is 0.364 e. The molecular weight excluding hydrogens is 296 g/mol. The number of allylic oxidation sites excluding steroid dienone is 2. The summed E-state index contributed by atoms with van der Waals surface area (Å²) >= 11 is 0. The van der Waals surface area contributed by atoms with Gasteiger partial charge in [-0.05, 0) is 63.4 Å². The Morgan fingerprint density at radius 1 is 0.875 bits per heavy atom. The third kappa shape index (κ3) is 0.941. The van der Waals surface area contributed by atoms with Gasteiger partial charge in [0.15, 0.2) is 5.78 Å². The molecule has 0 saturated heterocycles. The zero-order valence-corrected chi connectivity index (χ0v) is 13.3.